The molecule has 0 unspecified atom stereocenters. The summed E-state index contributed by atoms with van der Waals surface area (Å²) in [6.07, 6.45) is 2.28. The van der Waals surface area contributed by atoms with E-state index in [1.807, 2.05) is 0 Å². The van der Waals surface area contributed by atoms with E-state index in [0.29, 0.717) is 22.7 Å². The van der Waals surface area contributed by atoms with Gasteiger partial charge in [0, 0.05) is 28.6 Å². The van der Waals surface area contributed by atoms with E-state index in [4.69, 9.17) is 11.6 Å². The third-order valence-electron chi connectivity index (χ3n) is 3.34. The molecule has 0 radical (unpaired) electrons. The molecule has 20 heavy (non-hydrogen) atoms. The Morgan fingerprint density at radius 1 is 1.50 bits per heavy atom. The zero-order valence-corrected chi connectivity index (χ0v) is 11.2. The molecular weight excluding hydrogens is 283 g/mol. The fraction of sp³-hybridized carbons (Fsp3) is 0.286. The molecule has 1 aromatic carbocycles. The van der Waals surface area contributed by atoms with Crippen LogP contribution < -0.4 is 5.32 Å². The van der Waals surface area contributed by atoms with Gasteiger partial charge in [0.15, 0.2) is 0 Å². The van der Waals surface area contributed by atoms with E-state index in [9.17, 15) is 9.18 Å². The molecule has 2 aromatic rings. The van der Waals surface area contributed by atoms with Crippen LogP contribution in [-0.2, 0) is 11.2 Å². The maximum absolute atomic E-state index is 13.7. The van der Waals surface area contributed by atoms with Crippen LogP contribution in [0.25, 0.3) is 0 Å². The number of hydrogen-bond donors (Lipinski definition) is 1. The Morgan fingerprint density at radius 3 is 3.05 bits per heavy atom. The van der Waals surface area contributed by atoms with Crippen LogP contribution in [0, 0.1) is 5.82 Å². The van der Waals surface area contributed by atoms with Gasteiger partial charge >= 0.3 is 0 Å². The van der Waals surface area contributed by atoms with Gasteiger partial charge in [-0.1, -0.05) is 22.8 Å². The highest BCUT2D eigenvalue weighted by Gasteiger charge is 2.42. The molecule has 1 aliphatic carbocycles. The Morgan fingerprint density at radius 2 is 2.35 bits per heavy atom. The number of carbonyl (C=O) groups is 1. The Labute approximate surface area is 119 Å². The fourth-order valence-electron chi connectivity index (χ4n) is 2.29. The summed E-state index contributed by atoms with van der Waals surface area (Å²) in [4.78, 5) is 11.8. The Balaban J connectivity index is 1.61. The van der Waals surface area contributed by atoms with E-state index in [1.165, 1.54) is 12.3 Å². The van der Waals surface area contributed by atoms with Gasteiger partial charge in [-0.15, -0.1) is 0 Å². The molecule has 2 atom stereocenters. The first-order chi connectivity index (χ1) is 9.65. The largest absolute Gasteiger partial charge is 0.364 e. The molecule has 1 fully saturated rings. The van der Waals surface area contributed by atoms with Crippen molar-refractivity contribution in [2.45, 2.75) is 24.8 Å². The van der Waals surface area contributed by atoms with Crippen molar-refractivity contribution in [1.29, 1.82) is 0 Å². The SMILES string of the molecule is O=C(Cc1ccon1)N[C@@H]1C[C@H]1c1c(F)cccc1Cl. The van der Waals surface area contributed by atoms with Crippen molar-refractivity contribution < 1.29 is 13.7 Å². The Kier molecular flexibility index (Phi) is 3.44. The van der Waals surface area contributed by atoms with Gasteiger partial charge in [0.1, 0.15) is 12.1 Å². The average molecular weight is 295 g/mol. The number of benzene rings is 1. The molecule has 3 rings (SSSR count). The average Bonchev–Trinajstić information content (AvgIpc) is 2.93. The lowest BCUT2D eigenvalue weighted by molar-refractivity contribution is -0.120. The smallest absolute Gasteiger partial charge is 0.226 e. The molecule has 0 aliphatic heterocycles. The number of carbonyl (C=O) groups excluding carboxylic acids is 1. The summed E-state index contributed by atoms with van der Waals surface area (Å²) in [6.45, 7) is 0. The molecule has 0 spiro atoms. The summed E-state index contributed by atoms with van der Waals surface area (Å²) in [7, 11) is 0. The number of nitrogens with one attached hydrogen (secondary N) is 1. The normalized spacial score (nSPS) is 20.7. The molecule has 0 saturated heterocycles. The quantitative estimate of drug-likeness (QED) is 0.943. The van der Waals surface area contributed by atoms with Gasteiger partial charge in [0.05, 0.1) is 12.1 Å². The third kappa shape index (κ3) is 2.67. The molecule has 0 bridgehead atoms. The predicted octanol–water partition coefficient (Wildman–Crippen LogP) is 2.68. The lowest BCUT2D eigenvalue weighted by Crippen LogP contribution is -2.28. The standard InChI is InChI=1S/C14H12ClFN2O2/c15-10-2-1-3-11(16)14(10)9-7-12(9)17-13(19)6-8-4-5-20-18-8/h1-5,9,12H,6-7H2,(H,17,19)/t9-,12-/m1/s1. The summed E-state index contributed by atoms with van der Waals surface area (Å²) >= 11 is 6.01. The summed E-state index contributed by atoms with van der Waals surface area (Å²) in [6, 6.07) is 6.18. The first kappa shape index (κ1) is 13.1. The first-order valence-corrected chi connectivity index (χ1v) is 6.65. The van der Waals surface area contributed by atoms with E-state index in [0.717, 1.165) is 0 Å². The molecule has 1 saturated carbocycles. The zero-order valence-electron chi connectivity index (χ0n) is 10.5. The third-order valence-corrected chi connectivity index (χ3v) is 3.67. The lowest BCUT2D eigenvalue weighted by Gasteiger charge is -2.06. The van der Waals surface area contributed by atoms with E-state index in [2.05, 4.69) is 15.0 Å². The topological polar surface area (TPSA) is 55.1 Å². The molecule has 6 heteroatoms. The van der Waals surface area contributed by atoms with Gasteiger partial charge in [-0.2, -0.15) is 0 Å². The van der Waals surface area contributed by atoms with Crippen LogP contribution in [0.5, 0.6) is 0 Å². The van der Waals surface area contributed by atoms with E-state index in [-0.39, 0.29) is 30.1 Å². The molecule has 1 amide bonds. The van der Waals surface area contributed by atoms with Crippen molar-refractivity contribution in [3.05, 3.63) is 52.6 Å². The van der Waals surface area contributed by atoms with Crippen LogP contribution in [0.2, 0.25) is 5.02 Å². The molecule has 1 aromatic heterocycles. The second-order valence-electron chi connectivity index (χ2n) is 4.82. The van der Waals surface area contributed by atoms with Crippen LogP contribution >= 0.6 is 11.6 Å². The maximum atomic E-state index is 13.7. The van der Waals surface area contributed by atoms with Gasteiger partial charge in [-0.3, -0.25) is 4.79 Å². The molecule has 1 heterocycles. The highest BCUT2D eigenvalue weighted by atomic mass is 35.5. The summed E-state index contributed by atoms with van der Waals surface area (Å²) < 4.78 is 18.4. The van der Waals surface area contributed by atoms with Crippen molar-refractivity contribution in [3.63, 3.8) is 0 Å². The predicted molar refractivity (Wildman–Crippen MR) is 70.9 cm³/mol. The van der Waals surface area contributed by atoms with Crippen LogP contribution in [0.4, 0.5) is 4.39 Å². The van der Waals surface area contributed by atoms with E-state index >= 15 is 0 Å². The van der Waals surface area contributed by atoms with Gasteiger partial charge in [0.2, 0.25) is 5.91 Å². The fourth-order valence-corrected chi connectivity index (χ4v) is 2.59. The monoisotopic (exact) mass is 294 g/mol. The molecule has 1 N–H and O–H groups in total. The number of amides is 1. The number of nitrogens with zero attached hydrogens (tertiary/aromatic N) is 1. The molecule has 104 valence electrons. The summed E-state index contributed by atoms with van der Waals surface area (Å²) in [5.74, 6) is -0.528. The minimum atomic E-state index is -0.323. The maximum Gasteiger partial charge on any atom is 0.226 e. The molecular formula is C14H12ClFN2O2. The van der Waals surface area contributed by atoms with Gasteiger partial charge < -0.3 is 9.84 Å². The minimum absolute atomic E-state index is 0.0510. The van der Waals surface area contributed by atoms with Crippen molar-refractivity contribution >= 4 is 17.5 Å². The lowest BCUT2D eigenvalue weighted by atomic mass is 10.1. The second-order valence-corrected chi connectivity index (χ2v) is 5.23. The second kappa shape index (κ2) is 5.25. The van der Waals surface area contributed by atoms with Gasteiger partial charge in [-0.25, -0.2) is 4.39 Å². The van der Waals surface area contributed by atoms with Crippen molar-refractivity contribution in [3.8, 4) is 0 Å². The summed E-state index contributed by atoms with van der Waals surface area (Å²) in [5.41, 5.74) is 1.06. The van der Waals surface area contributed by atoms with Crippen LogP contribution in [0.15, 0.2) is 35.1 Å². The summed E-state index contributed by atoms with van der Waals surface area (Å²) in [5, 5.41) is 6.93. The van der Waals surface area contributed by atoms with Crippen LogP contribution in [-0.4, -0.2) is 17.1 Å². The van der Waals surface area contributed by atoms with Crippen LogP contribution in [0.3, 0.4) is 0 Å². The zero-order chi connectivity index (χ0) is 14.1. The van der Waals surface area contributed by atoms with Crippen molar-refractivity contribution in [2.75, 3.05) is 0 Å². The number of aromatic nitrogens is 1. The Hall–Kier alpha value is -1.88. The number of hydrogen-bond acceptors (Lipinski definition) is 3. The van der Waals surface area contributed by atoms with E-state index < -0.39 is 0 Å². The van der Waals surface area contributed by atoms with Crippen molar-refractivity contribution in [1.82, 2.24) is 10.5 Å². The molecule has 4 nitrogen and oxygen atoms in total. The highest BCUT2D eigenvalue weighted by molar-refractivity contribution is 6.31. The van der Waals surface area contributed by atoms with Gasteiger partial charge in [0.25, 0.3) is 0 Å². The minimum Gasteiger partial charge on any atom is -0.364 e. The van der Waals surface area contributed by atoms with Gasteiger partial charge in [-0.05, 0) is 18.6 Å². The first-order valence-electron chi connectivity index (χ1n) is 6.27. The molecule has 1 aliphatic rings. The van der Waals surface area contributed by atoms with Crippen LogP contribution in [0.1, 0.15) is 23.6 Å². The van der Waals surface area contributed by atoms with Crippen molar-refractivity contribution in [2.24, 2.45) is 0 Å². The highest BCUT2D eigenvalue weighted by Crippen LogP contribution is 2.44. The number of rotatable bonds is 4. The van der Waals surface area contributed by atoms with E-state index in [1.54, 1.807) is 18.2 Å². The number of halogens is 2. The Bertz CT molecular complexity index is 610.